The van der Waals surface area contributed by atoms with Crippen molar-refractivity contribution < 1.29 is 4.39 Å². The summed E-state index contributed by atoms with van der Waals surface area (Å²) in [5, 5.41) is 3.09. The predicted octanol–water partition coefficient (Wildman–Crippen LogP) is 3.90. The summed E-state index contributed by atoms with van der Waals surface area (Å²) in [5.41, 5.74) is 2.06. The number of rotatable bonds is 6. The lowest BCUT2D eigenvalue weighted by atomic mass is 10.2. The van der Waals surface area contributed by atoms with Gasteiger partial charge in [0.15, 0.2) is 11.6 Å². The number of halogens is 1. The normalized spacial score (nSPS) is 10.5. The summed E-state index contributed by atoms with van der Waals surface area (Å²) in [5.74, 6) is 0.344. The minimum Gasteiger partial charge on any atom is -0.354 e. The van der Waals surface area contributed by atoms with Gasteiger partial charge in [0.05, 0.1) is 6.20 Å². The van der Waals surface area contributed by atoms with Gasteiger partial charge in [-0.25, -0.2) is 9.37 Å². The molecule has 0 saturated carbocycles. The number of nitrogens with zero attached hydrogens (tertiary/aromatic N) is 3. The fourth-order valence-corrected chi connectivity index (χ4v) is 2.12. The second-order valence-electron chi connectivity index (χ2n) is 4.88. The highest BCUT2D eigenvalue weighted by Gasteiger charge is 2.15. The van der Waals surface area contributed by atoms with E-state index in [1.807, 2.05) is 43.0 Å². The fourth-order valence-electron chi connectivity index (χ4n) is 2.12. The molecule has 0 fully saturated rings. The van der Waals surface area contributed by atoms with Crippen LogP contribution in [0, 0.1) is 12.7 Å². The van der Waals surface area contributed by atoms with Crippen molar-refractivity contribution in [1.82, 2.24) is 9.97 Å². The van der Waals surface area contributed by atoms with Gasteiger partial charge in [-0.2, -0.15) is 4.98 Å². The van der Waals surface area contributed by atoms with Crippen LogP contribution in [0.2, 0.25) is 0 Å². The molecule has 0 unspecified atom stereocenters. The third-order valence-corrected chi connectivity index (χ3v) is 3.14. The highest BCUT2D eigenvalue weighted by molar-refractivity contribution is 5.61. The van der Waals surface area contributed by atoms with Gasteiger partial charge in [-0.15, -0.1) is 0 Å². The molecule has 2 aromatic rings. The zero-order valence-corrected chi connectivity index (χ0v) is 12.7. The SMILES string of the molecule is CCCNc1ncc(F)c(N(CC)c2cccc(C)c2)n1. The summed E-state index contributed by atoms with van der Waals surface area (Å²) in [4.78, 5) is 10.1. The largest absolute Gasteiger partial charge is 0.354 e. The van der Waals surface area contributed by atoms with E-state index in [4.69, 9.17) is 0 Å². The molecule has 0 saturated heterocycles. The summed E-state index contributed by atoms with van der Waals surface area (Å²) >= 11 is 0. The number of anilines is 3. The van der Waals surface area contributed by atoms with Crippen LogP contribution in [0.15, 0.2) is 30.5 Å². The molecule has 0 amide bonds. The number of hydrogen-bond donors (Lipinski definition) is 1. The first-order valence-corrected chi connectivity index (χ1v) is 7.26. The third-order valence-electron chi connectivity index (χ3n) is 3.14. The van der Waals surface area contributed by atoms with Crippen molar-refractivity contribution in [2.24, 2.45) is 0 Å². The Morgan fingerprint density at radius 3 is 2.76 bits per heavy atom. The number of benzene rings is 1. The van der Waals surface area contributed by atoms with Gasteiger partial charge in [-0.05, 0) is 38.0 Å². The Morgan fingerprint density at radius 1 is 1.29 bits per heavy atom. The van der Waals surface area contributed by atoms with Crippen LogP contribution in [0.5, 0.6) is 0 Å². The molecule has 0 radical (unpaired) electrons. The van der Waals surface area contributed by atoms with E-state index in [1.165, 1.54) is 6.20 Å². The molecule has 1 N–H and O–H groups in total. The molecule has 0 bridgehead atoms. The monoisotopic (exact) mass is 288 g/mol. The Balaban J connectivity index is 2.37. The lowest BCUT2D eigenvalue weighted by Gasteiger charge is -2.23. The van der Waals surface area contributed by atoms with Gasteiger partial charge in [0, 0.05) is 18.8 Å². The van der Waals surface area contributed by atoms with Gasteiger partial charge in [-0.1, -0.05) is 19.1 Å². The molecule has 0 aliphatic rings. The molecule has 0 atom stereocenters. The van der Waals surface area contributed by atoms with Crippen LogP contribution in [0.1, 0.15) is 25.8 Å². The van der Waals surface area contributed by atoms with Gasteiger partial charge >= 0.3 is 0 Å². The molecular weight excluding hydrogens is 267 g/mol. The molecular formula is C16H21FN4. The number of aryl methyl sites for hydroxylation is 1. The average molecular weight is 288 g/mol. The summed E-state index contributed by atoms with van der Waals surface area (Å²) in [6.07, 6.45) is 2.18. The molecule has 0 spiro atoms. The van der Waals surface area contributed by atoms with Crippen molar-refractivity contribution in [3.63, 3.8) is 0 Å². The molecule has 4 nitrogen and oxygen atoms in total. The fraction of sp³-hybridized carbons (Fsp3) is 0.375. The van der Waals surface area contributed by atoms with Crippen molar-refractivity contribution in [2.75, 3.05) is 23.3 Å². The van der Waals surface area contributed by atoms with Gasteiger partial charge in [0.25, 0.3) is 0 Å². The first-order valence-electron chi connectivity index (χ1n) is 7.26. The van der Waals surface area contributed by atoms with Crippen molar-refractivity contribution in [1.29, 1.82) is 0 Å². The average Bonchev–Trinajstić information content (AvgIpc) is 2.48. The highest BCUT2D eigenvalue weighted by Crippen LogP contribution is 2.26. The maximum atomic E-state index is 14.1. The molecule has 112 valence electrons. The Bertz CT molecular complexity index is 601. The molecule has 5 heteroatoms. The van der Waals surface area contributed by atoms with Crippen LogP contribution in [0.3, 0.4) is 0 Å². The van der Waals surface area contributed by atoms with E-state index in [0.717, 1.165) is 24.2 Å². The quantitative estimate of drug-likeness (QED) is 0.875. The van der Waals surface area contributed by atoms with Crippen molar-refractivity contribution in [3.05, 3.63) is 41.8 Å². The van der Waals surface area contributed by atoms with Crippen LogP contribution in [-0.4, -0.2) is 23.1 Å². The second-order valence-corrected chi connectivity index (χ2v) is 4.88. The zero-order chi connectivity index (χ0) is 15.2. The summed E-state index contributed by atoms with van der Waals surface area (Å²) in [7, 11) is 0. The van der Waals surface area contributed by atoms with Gasteiger partial charge < -0.3 is 10.2 Å². The van der Waals surface area contributed by atoms with E-state index in [0.29, 0.717) is 18.3 Å². The maximum Gasteiger partial charge on any atom is 0.224 e. The van der Waals surface area contributed by atoms with Crippen molar-refractivity contribution in [3.8, 4) is 0 Å². The first-order chi connectivity index (χ1) is 10.2. The number of nitrogens with one attached hydrogen (secondary N) is 1. The molecule has 0 aliphatic heterocycles. The van der Waals surface area contributed by atoms with Crippen LogP contribution >= 0.6 is 0 Å². The van der Waals surface area contributed by atoms with E-state index in [9.17, 15) is 4.39 Å². The van der Waals surface area contributed by atoms with E-state index in [2.05, 4.69) is 22.2 Å². The first kappa shape index (κ1) is 15.2. The molecule has 2 rings (SSSR count). The topological polar surface area (TPSA) is 41.1 Å². The van der Waals surface area contributed by atoms with Crippen molar-refractivity contribution >= 4 is 17.5 Å². The van der Waals surface area contributed by atoms with Crippen molar-refractivity contribution in [2.45, 2.75) is 27.2 Å². The van der Waals surface area contributed by atoms with Gasteiger partial charge in [-0.3, -0.25) is 0 Å². The summed E-state index contributed by atoms with van der Waals surface area (Å²) in [6.45, 7) is 7.44. The van der Waals surface area contributed by atoms with E-state index in [-0.39, 0.29) is 0 Å². The third kappa shape index (κ3) is 3.68. The summed E-state index contributed by atoms with van der Waals surface area (Å²) in [6, 6.07) is 7.95. The zero-order valence-electron chi connectivity index (χ0n) is 12.7. The Morgan fingerprint density at radius 2 is 2.10 bits per heavy atom. The van der Waals surface area contributed by atoms with E-state index in [1.54, 1.807) is 0 Å². The lowest BCUT2D eigenvalue weighted by Crippen LogP contribution is -2.20. The lowest BCUT2D eigenvalue weighted by molar-refractivity contribution is 0.611. The molecule has 1 heterocycles. The Labute approximate surface area is 125 Å². The Hall–Kier alpha value is -2.17. The van der Waals surface area contributed by atoms with E-state index < -0.39 is 5.82 Å². The van der Waals surface area contributed by atoms with E-state index >= 15 is 0 Å². The van der Waals surface area contributed by atoms with Crippen LogP contribution < -0.4 is 10.2 Å². The summed E-state index contributed by atoms with van der Waals surface area (Å²) < 4.78 is 14.1. The smallest absolute Gasteiger partial charge is 0.224 e. The maximum absolute atomic E-state index is 14.1. The standard InChI is InChI=1S/C16H21FN4/c1-4-9-18-16-19-11-14(17)15(20-16)21(5-2)13-8-6-7-12(3)10-13/h6-8,10-11H,4-5,9H2,1-3H3,(H,18,19,20). The minimum atomic E-state index is -0.416. The highest BCUT2D eigenvalue weighted by atomic mass is 19.1. The van der Waals surface area contributed by atoms with Gasteiger partial charge in [0.1, 0.15) is 0 Å². The Kier molecular flexibility index (Phi) is 5.09. The molecule has 1 aromatic carbocycles. The van der Waals surface area contributed by atoms with Crippen LogP contribution in [-0.2, 0) is 0 Å². The van der Waals surface area contributed by atoms with Crippen LogP contribution in [0.25, 0.3) is 0 Å². The molecule has 1 aromatic heterocycles. The number of hydrogen-bond acceptors (Lipinski definition) is 4. The molecule has 21 heavy (non-hydrogen) atoms. The second kappa shape index (κ2) is 7.02. The number of aromatic nitrogens is 2. The predicted molar refractivity (Wildman–Crippen MR) is 84.6 cm³/mol. The van der Waals surface area contributed by atoms with Crippen LogP contribution in [0.4, 0.5) is 21.8 Å². The van der Waals surface area contributed by atoms with Gasteiger partial charge in [0.2, 0.25) is 5.95 Å². The minimum absolute atomic E-state index is 0.303. The molecule has 0 aliphatic carbocycles.